The van der Waals surface area contributed by atoms with Crippen LogP contribution in [0, 0.1) is 0 Å². The van der Waals surface area contributed by atoms with Crippen LogP contribution in [0.4, 0.5) is 5.82 Å². The van der Waals surface area contributed by atoms with Crippen molar-refractivity contribution in [2.24, 2.45) is 0 Å². The molecule has 0 amide bonds. The average Bonchev–Trinajstić information content (AvgIpc) is 3.08. The van der Waals surface area contributed by atoms with Gasteiger partial charge in [-0.1, -0.05) is 24.3 Å². The first kappa shape index (κ1) is 13.3. The van der Waals surface area contributed by atoms with Gasteiger partial charge in [0.25, 0.3) is 0 Å². The third-order valence-corrected chi connectivity index (χ3v) is 3.01. The van der Waals surface area contributed by atoms with Gasteiger partial charge in [0.2, 0.25) is 0 Å². The molecule has 0 unspecified atom stereocenters. The number of aliphatic hydroxyl groups is 1. The third-order valence-electron chi connectivity index (χ3n) is 3.01. The summed E-state index contributed by atoms with van der Waals surface area (Å²) < 4.78 is 1.66. The molecular formula is C15H15N5O. The predicted molar refractivity (Wildman–Crippen MR) is 78.8 cm³/mol. The van der Waals surface area contributed by atoms with Crippen LogP contribution in [-0.2, 0) is 13.2 Å². The Balaban J connectivity index is 1.72. The van der Waals surface area contributed by atoms with Gasteiger partial charge in [-0.05, 0) is 17.2 Å². The SMILES string of the molecule is OCc1cccc(CNc2cncc(-n3cccn3)n2)c1. The second-order valence-electron chi connectivity index (χ2n) is 4.54. The van der Waals surface area contributed by atoms with Crippen LogP contribution in [0.5, 0.6) is 0 Å². The number of aromatic nitrogens is 4. The number of benzene rings is 1. The van der Waals surface area contributed by atoms with E-state index in [0.717, 1.165) is 11.1 Å². The third kappa shape index (κ3) is 3.24. The van der Waals surface area contributed by atoms with E-state index in [2.05, 4.69) is 20.4 Å². The highest BCUT2D eigenvalue weighted by molar-refractivity contribution is 5.37. The van der Waals surface area contributed by atoms with Gasteiger partial charge in [-0.2, -0.15) is 5.10 Å². The Hall–Kier alpha value is -2.73. The monoisotopic (exact) mass is 281 g/mol. The van der Waals surface area contributed by atoms with Gasteiger partial charge in [0.05, 0.1) is 19.0 Å². The van der Waals surface area contributed by atoms with Gasteiger partial charge in [-0.15, -0.1) is 0 Å². The zero-order valence-corrected chi connectivity index (χ0v) is 11.3. The molecule has 0 bridgehead atoms. The van der Waals surface area contributed by atoms with E-state index in [1.165, 1.54) is 0 Å². The number of anilines is 1. The van der Waals surface area contributed by atoms with Crippen molar-refractivity contribution >= 4 is 5.82 Å². The summed E-state index contributed by atoms with van der Waals surface area (Å²) in [5, 5.41) is 16.5. The summed E-state index contributed by atoms with van der Waals surface area (Å²) >= 11 is 0. The molecule has 0 atom stereocenters. The molecule has 6 heteroatoms. The topological polar surface area (TPSA) is 75.9 Å². The Labute approximate surface area is 122 Å². The second-order valence-corrected chi connectivity index (χ2v) is 4.54. The fourth-order valence-corrected chi connectivity index (χ4v) is 1.99. The number of aliphatic hydroxyl groups excluding tert-OH is 1. The van der Waals surface area contributed by atoms with Gasteiger partial charge in [0, 0.05) is 18.9 Å². The Morgan fingerprint density at radius 2 is 2.05 bits per heavy atom. The van der Waals surface area contributed by atoms with E-state index < -0.39 is 0 Å². The second kappa shape index (κ2) is 6.15. The molecule has 0 aliphatic rings. The van der Waals surface area contributed by atoms with Crippen molar-refractivity contribution in [1.29, 1.82) is 0 Å². The van der Waals surface area contributed by atoms with Crippen molar-refractivity contribution in [1.82, 2.24) is 19.7 Å². The van der Waals surface area contributed by atoms with E-state index >= 15 is 0 Å². The van der Waals surface area contributed by atoms with Crippen LogP contribution in [0.1, 0.15) is 11.1 Å². The Bertz CT molecular complexity index is 712. The molecule has 3 aromatic rings. The highest BCUT2D eigenvalue weighted by Gasteiger charge is 2.01. The van der Waals surface area contributed by atoms with Crippen molar-refractivity contribution in [3.63, 3.8) is 0 Å². The molecule has 0 aliphatic carbocycles. The van der Waals surface area contributed by atoms with Crippen LogP contribution in [0.25, 0.3) is 5.82 Å². The molecule has 0 aliphatic heterocycles. The summed E-state index contributed by atoms with van der Waals surface area (Å²) in [5.74, 6) is 1.34. The molecule has 2 N–H and O–H groups in total. The maximum atomic E-state index is 9.14. The van der Waals surface area contributed by atoms with Crippen LogP contribution in [0.3, 0.4) is 0 Å². The average molecular weight is 281 g/mol. The number of nitrogens with one attached hydrogen (secondary N) is 1. The van der Waals surface area contributed by atoms with Crippen molar-refractivity contribution in [3.05, 3.63) is 66.2 Å². The van der Waals surface area contributed by atoms with E-state index in [1.807, 2.05) is 36.5 Å². The zero-order chi connectivity index (χ0) is 14.5. The van der Waals surface area contributed by atoms with Crippen LogP contribution >= 0.6 is 0 Å². The Morgan fingerprint density at radius 3 is 2.86 bits per heavy atom. The lowest BCUT2D eigenvalue weighted by Gasteiger charge is -2.08. The van der Waals surface area contributed by atoms with Gasteiger partial charge in [-0.25, -0.2) is 9.67 Å². The van der Waals surface area contributed by atoms with E-state index in [0.29, 0.717) is 18.2 Å². The van der Waals surface area contributed by atoms with Crippen LogP contribution in [-0.4, -0.2) is 24.9 Å². The van der Waals surface area contributed by atoms with Crippen LogP contribution in [0.15, 0.2) is 55.1 Å². The van der Waals surface area contributed by atoms with Crippen LogP contribution < -0.4 is 5.32 Å². The van der Waals surface area contributed by atoms with Gasteiger partial charge in [-0.3, -0.25) is 4.98 Å². The Morgan fingerprint density at radius 1 is 1.14 bits per heavy atom. The number of hydrogen-bond acceptors (Lipinski definition) is 5. The lowest BCUT2D eigenvalue weighted by molar-refractivity contribution is 0.281. The summed E-state index contributed by atoms with van der Waals surface area (Å²) in [7, 11) is 0. The molecule has 0 saturated carbocycles. The van der Waals surface area contributed by atoms with Crippen LogP contribution in [0.2, 0.25) is 0 Å². The van der Waals surface area contributed by atoms with Crippen molar-refractivity contribution in [2.45, 2.75) is 13.2 Å². The molecule has 0 fully saturated rings. The molecule has 6 nitrogen and oxygen atoms in total. The molecule has 0 radical (unpaired) electrons. The first-order valence-electron chi connectivity index (χ1n) is 6.60. The van der Waals surface area contributed by atoms with Crippen molar-refractivity contribution in [2.75, 3.05) is 5.32 Å². The molecule has 0 spiro atoms. The minimum atomic E-state index is 0.0441. The maximum Gasteiger partial charge on any atom is 0.173 e. The fourth-order valence-electron chi connectivity index (χ4n) is 1.99. The molecule has 2 aromatic heterocycles. The molecule has 21 heavy (non-hydrogen) atoms. The summed E-state index contributed by atoms with van der Waals surface area (Å²) in [4.78, 5) is 8.61. The summed E-state index contributed by atoms with van der Waals surface area (Å²) in [6.45, 7) is 0.660. The minimum Gasteiger partial charge on any atom is -0.392 e. The van der Waals surface area contributed by atoms with Gasteiger partial charge < -0.3 is 10.4 Å². The molecule has 1 aromatic carbocycles. The molecule has 0 saturated heterocycles. The van der Waals surface area contributed by atoms with Crippen molar-refractivity contribution < 1.29 is 5.11 Å². The molecule has 2 heterocycles. The summed E-state index contributed by atoms with van der Waals surface area (Å²) in [6, 6.07) is 9.60. The molecule has 106 valence electrons. The fraction of sp³-hybridized carbons (Fsp3) is 0.133. The first-order valence-corrected chi connectivity index (χ1v) is 6.60. The highest BCUT2D eigenvalue weighted by atomic mass is 16.3. The molecule has 3 rings (SSSR count). The number of hydrogen-bond donors (Lipinski definition) is 2. The lowest BCUT2D eigenvalue weighted by Crippen LogP contribution is -2.05. The summed E-state index contributed by atoms with van der Waals surface area (Å²) in [6.07, 6.45) is 6.84. The normalized spacial score (nSPS) is 10.5. The maximum absolute atomic E-state index is 9.14. The number of rotatable bonds is 5. The van der Waals surface area contributed by atoms with E-state index in [4.69, 9.17) is 5.11 Å². The minimum absolute atomic E-state index is 0.0441. The van der Waals surface area contributed by atoms with E-state index in [9.17, 15) is 0 Å². The van der Waals surface area contributed by atoms with Gasteiger partial charge in [0.15, 0.2) is 5.82 Å². The van der Waals surface area contributed by atoms with Gasteiger partial charge in [0.1, 0.15) is 5.82 Å². The zero-order valence-electron chi connectivity index (χ0n) is 11.3. The lowest BCUT2D eigenvalue weighted by atomic mass is 10.1. The predicted octanol–water partition coefficient (Wildman–Crippen LogP) is 1.77. The first-order chi connectivity index (χ1) is 10.3. The van der Waals surface area contributed by atoms with Gasteiger partial charge >= 0.3 is 0 Å². The standard InChI is InChI=1S/C15H15N5O/c21-11-13-4-1-3-12(7-13)8-17-14-9-16-10-15(19-14)20-6-2-5-18-20/h1-7,9-10,21H,8,11H2,(H,17,19). The quantitative estimate of drug-likeness (QED) is 0.745. The number of nitrogens with zero attached hydrogens (tertiary/aromatic N) is 4. The summed E-state index contributed by atoms with van der Waals surface area (Å²) in [5.41, 5.74) is 1.97. The van der Waals surface area contributed by atoms with E-state index in [-0.39, 0.29) is 6.61 Å². The highest BCUT2D eigenvalue weighted by Crippen LogP contribution is 2.10. The largest absolute Gasteiger partial charge is 0.392 e. The smallest absolute Gasteiger partial charge is 0.173 e. The molecular weight excluding hydrogens is 266 g/mol. The Kier molecular flexibility index (Phi) is 3.88. The van der Waals surface area contributed by atoms with E-state index in [1.54, 1.807) is 23.3 Å². The van der Waals surface area contributed by atoms with Crippen molar-refractivity contribution in [3.8, 4) is 5.82 Å².